The van der Waals surface area contributed by atoms with Crippen molar-refractivity contribution in [3.63, 3.8) is 0 Å². The minimum absolute atomic E-state index is 0.0696. The largest absolute Gasteiger partial charge is 0.353 e. The average molecular weight is 252 g/mol. The van der Waals surface area contributed by atoms with Gasteiger partial charge in [0.1, 0.15) is 0 Å². The molecule has 0 amide bonds. The maximum atomic E-state index is 5.97. The minimum Gasteiger partial charge on any atom is -0.353 e. The highest BCUT2D eigenvalue weighted by molar-refractivity contribution is 5.01. The first kappa shape index (κ1) is 15.5. The number of rotatable bonds is 5. The Morgan fingerprint density at radius 1 is 1.22 bits per heavy atom. The zero-order valence-electron chi connectivity index (χ0n) is 12.4. The third-order valence-corrected chi connectivity index (χ3v) is 4.23. The van der Waals surface area contributed by atoms with Crippen molar-refractivity contribution < 1.29 is 9.47 Å². The van der Waals surface area contributed by atoms with Crippen LogP contribution in [0.4, 0.5) is 0 Å². The third-order valence-electron chi connectivity index (χ3n) is 4.23. The fourth-order valence-corrected chi connectivity index (χ4v) is 2.63. The van der Waals surface area contributed by atoms with Crippen LogP contribution in [0.3, 0.4) is 0 Å². The van der Waals surface area contributed by atoms with E-state index in [1.54, 1.807) is 0 Å². The van der Waals surface area contributed by atoms with Gasteiger partial charge in [0, 0.05) is 5.92 Å². The molecule has 1 rings (SSSR count). The fraction of sp³-hybridized carbons (Fsp3) is 0.750. The quantitative estimate of drug-likeness (QED) is 0.688. The first-order valence-electron chi connectivity index (χ1n) is 7.03. The van der Waals surface area contributed by atoms with Crippen LogP contribution in [0.2, 0.25) is 0 Å². The number of allylic oxidation sites excluding steroid dienone is 3. The number of ether oxygens (including phenoxy) is 2. The summed E-state index contributed by atoms with van der Waals surface area (Å²) in [4.78, 5) is 0. The molecule has 6 atom stereocenters. The van der Waals surface area contributed by atoms with Gasteiger partial charge >= 0.3 is 0 Å². The number of hydrogen-bond acceptors (Lipinski definition) is 2. The number of hydrogen-bond donors (Lipinski definition) is 0. The predicted molar refractivity (Wildman–Crippen MR) is 76.3 cm³/mol. The van der Waals surface area contributed by atoms with E-state index in [2.05, 4.69) is 40.3 Å². The van der Waals surface area contributed by atoms with Crippen molar-refractivity contribution in [2.75, 3.05) is 6.61 Å². The molecule has 0 aromatic carbocycles. The molecule has 1 saturated heterocycles. The Morgan fingerprint density at radius 2 is 1.89 bits per heavy atom. The van der Waals surface area contributed by atoms with Gasteiger partial charge in [0.15, 0.2) is 6.29 Å². The first-order valence-corrected chi connectivity index (χ1v) is 7.03. The summed E-state index contributed by atoms with van der Waals surface area (Å²) in [6.07, 6.45) is 6.32. The second kappa shape index (κ2) is 7.10. The van der Waals surface area contributed by atoms with Crippen LogP contribution in [0.25, 0.3) is 0 Å². The van der Waals surface area contributed by atoms with Crippen LogP contribution in [0, 0.1) is 23.7 Å². The lowest BCUT2D eigenvalue weighted by molar-refractivity contribution is -0.240. The molecule has 1 heterocycles. The molecule has 2 nitrogen and oxygen atoms in total. The van der Waals surface area contributed by atoms with Crippen molar-refractivity contribution in [2.24, 2.45) is 23.7 Å². The van der Waals surface area contributed by atoms with E-state index >= 15 is 0 Å². The molecule has 1 fully saturated rings. The smallest absolute Gasteiger partial charge is 0.155 e. The molecular formula is C16H28O2. The van der Waals surface area contributed by atoms with E-state index in [4.69, 9.17) is 9.47 Å². The van der Waals surface area contributed by atoms with Gasteiger partial charge in [0.25, 0.3) is 0 Å². The van der Waals surface area contributed by atoms with Crippen molar-refractivity contribution in [3.05, 3.63) is 24.8 Å². The van der Waals surface area contributed by atoms with Gasteiger partial charge in [-0.25, -0.2) is 0 Å². The van der Waals surface area contributed by atoms with Crippen LogP contribution in [-0.4, -0.2) is 19.0 Å². The summed E-state index contributed by atoms with van der Waals surface area (Å²) in [5.41, 5.74) is 0. The molecule has 0 saturated carbocycles. The van der Waals surface area contributed by atoms with Crippen LogP contribution in [-0.2, 0) is 9.47 Å². The van der Waals surface area contributed by atoms with Gasteiger partial charge in [-0.3, -0.25) is 0 Å². The lowest BCUT2D eigenvalue weighted by Gasteiger charge is -2.40. The van der Waals surface area contributed by atoms with Gasteiger partial charge in [0.2, 0.25) is 0 Å². The second-order valence-electron chi connectivity index (χ2n) is 5.68. The normalized spacial score (nSPS) is 34.2. The van der Waals surface area contributed by atoms with E-state index in [0.29, 0.717) is 29.8 Å². The molecular weight excluding hydrogens is 224 g/mol. The minimum atomic E-state index is -0.0696. The topological polar surface area (TPSA) is 18.5 Å². The summed E-state index contributed by atoms with van der Waals surface area (Å²) in [5, 5.41) is 0. The molecule has 18 heavy (non-hydrogen) atoms. The molecule has 0 aliphatic carbocycles. The molecule has 0 N–H and O–H groups in total. The molecule has 1 aliphatic heterocycles. The zero-order chi connectivity index (χ0) is 13.7. The van der Waals surface area contributed by atoms with Gasteiger partial charge in [-0.05, 0) is 24.7 Å². The van der Waals surface area contributed by atoms with E-state index in [9.17, 15) is 0 Å². The Labute approximate surface area is 112 Å². The van der Waals surface area contributed by atoms with E-state index in [1.807, 2.05) is 19.1 Å². The molecule has 0 aromatic rings. The maximum Gasteiger partial charge on any atom is 0.155 e. The van der Waals surface area contributed by atoms with E-state index in [0.717, 1.165) is 6.61 Å². The Kier molecular flexibility index (Phi) is 6.10. The average Bonchev–Trinajstić information content (AvgIpc) is 2.37. The summed E-state index contributed by atoms with van der Waals surface area (Å²) in [6, 6.07) is 0. The molecule has 2 heteroatoms. The summed E-state index contributed by atoms with van der Waals surface area (Å²) in [6.45, 7) is 15.6. The van der Waals surface area contributed by atoms with Crippen molar-refractivity contribution >= 4 is 0 Å². The van der Waals surface area contributed by atoms with E-state index < -0.39 is 0 Å². The predicted octanol–water partition coefficient (Wildman–Crippen LogP) is 4.03. The summed E-state index contributed by atoms with van der Waals surface area (Å²) >= 11 is 0. The monoisotopic (exact) mass is 252 g/mol. The maximum absolute atomic E-state index is 5.97. The van der Waals surface area contributed by atoms with Crippen molar-refractivity contribution in [1.29, 1.82) is 0 Å². The fourth-order valence-electron chi connectivity index (χ4n) is 2.63. The molecule has 0 bridgehead atoms. The van der Waals surface area contributed by atoms with Crippen molar-refractivity contribution in [2.45, 2.75) is 47.0 Å². The molecule has 0 radical (unpaired) electrons. The Morgan fingerprint density at radius 3 is 2.50 bits per heavy atom. The molecule has 0 aromatic heterocycles. The second-order valence-corrected chi connectivity index (χ2v) is 5.68. The van der Waals surface area contributed by atoms with E-state index in [1.165, 1.54) is 0 Å². The Bertz CT molecular complexity index is 285. The van der Waals surface area contributed by atoms with Gasteiger partial charge in [-0.1, -0.05) is 52.5 Å². The van der Waals surface area contributed by atoms with Crippen LogP contribution in [0.5, 0.6) is 0 Å². The lowest BCUT2D eigenvalue weighted by Crippen LogP contribution is -2.43. The highest BCUT2D eigenvalue weighted by Crippen LogP contribution is 2.32. The summed E-state index contributed by atoms with van der Waals surface area (Å²) in [7, 11) is 0. The first-order chi connectivity index (χ1) is 8.47. The Hall–Kier alpha value is -0.600. The standard InChI is InChI=1S/C16H28O2/c1-7-8-9-11(2)13(4)14(5)16-12(3)10-17-15(6)18-16/h7-9,11-16H,1,10H2,2-6H3/b9-8-/t11-,12?,13?,14?,15?,16?/m0/s1. The van der Waals surface area contributed by atoms with Crippen LogP contribution in [0.15, 0.2) is 24.8 Å². The van der Waals surface area contributed by atoms with Crippen LogP contribution in [0.1, 0.15) is 34.6 Å². The van der Waals surface area contributed by atoms with Crippen LogP contribution < -0.4 is 0 Å². The van der Waals surface area contributed by atoms with Crippen molar-refractivity contribution in [1.82, 2.24) is 0 Å². The SMILES string of the molecule is C=C/C=C\[C@H](C)C(C)C(C)C1OC(C)OCC1C. The van der Waals surface area contributed by atoms with Gasteiger partial charge < -0.3 is 9.47 Å². The molecule has 104 valence electrons. The van der Waals surface area contributed by atoms with Crippen molar-refractivity contribution in [3.8, 4) is 0 Å². The van der Waals surface area contributed by atoms with Gasteiger partial charge in [0.05, 0.1) is 12.7 Å². The molecule has 0 spiro atoms. The third kappa shape index (κ3) is 3.96. The highest BCUT2D eigenvalue weighted by Gasteiger charge is 2.34. The highest BCUT2D eigenvalue weighted by atomic mass is 16.7. The summed E-state index contributed by atoms with van der Waals surface area (Å²) < 4.78 is 11.5. The van der Waals surface area contributed by atoms with Crippen LogP contribution >= 0.6 is 0 Å². The lowest BCUT2D eigenvalue weighted by atomic mass is 9.78. The van der Waals surface area contributed by atoms with Gasteiger partial charge in [-0.15, -0.1) is 0 Å². The van der Waals surface area contributed by atoms with Gasteiger partial charge in [-0.2, -0.15) is 0 Å². The Balaban J connectivity index is 2.63. The molecule has 1 aliphatic rings. The van der Waals surface area contributed by atoms with E-state index in [-0.39, 0.29) is 6.29 Å². The molecule has 5 unspecified atom stereocenters. The zero-order valence-corrected chi connectivity index (χ0v) is 12.4. The summed E-state index contributed by atoms with van der Waals surface area (Å²) in [5.74, 6) is 2.11.